The molecule has 5 rings (SSSR count). The number of carbonyl (C=O) groups excluding carboxylic acids is 1. The second kappa shape index (κ2) is 8.08. The molecule has 6 nitrogen and oxygen atoms in total. The molecule has 0 saturated carbocycles. The number of piperidine rings is 1. The van der Waals surface area contributed by atoms with Crippen LogP contribution in [0, 0.1) is 5.92 Å². The topological polar surface area (TPSA) is 58.6 Å². The van der Waals surface area contributed by atoms with E-state index >= 15 is 0 Å². The smallest absolute Gasteiger partial charge is 0.227 e. The normalized spacial score (nSPS) is 20.2. The summed E-state index contributed by atoms with van der Waals surface area (Å²) in [6.07, 6.45) is 1.93. The van der Waals surface area contributed by atoms with Gasteiger partial charge in [-0.3, -0.25) is 4.79 Å². The van der Waals surface area contributed by atoms with Crippen molar-refractivity contribution >= 4 is 34.0 Å². The summed E-state index contributed by atoms with van der Waals surface area (Å²) in [4.78, 5) is 28.1. The number of carbonyl (C=O) groups is 1. The molecular formula is C22H24N4O2S. The molecule has 0 aliphatic carbocycles. The van der Waals surface area contributed by atoms with Gasteiger partial charge in [-0.2, -0.15) is 0 Å². The third-order valence-corrected chi connectivity index (χ3v) is 6.58. The fraction of sp³-hybridized carbons (Fsp3) is 0.409. The Balaban J connectivity index is 1.47. The highest BCUT2D eigenvalue weighted by Gasteiger charge is 2.31. The van der Waals surface area contributed by atoms with Crippen LogP contribution in [0.3, 0.4) is 0 Å². The van der Waals surface area contributed by atoms with E-state index in [0.29, 0.717) is 32.8 Å². The lowest BCUT2D eigenvalue weighted by Crippen LogP contribution is -2.48. The Morgan fingerprint density at radius 3 is 2.76 bits per heavy atom. The average Bonchev–Trinajstić information content (AvgIpc) is 3.33. The van der Waals surface area contributed by atoms with E-state index in [1.54, 1.807) is 11.3 Å². The molecule has 150 valence electrons. The van der Waals surface area contributed by atoms with Crippen LogP contribution in [-0.2, 0) is 9.53 Å². The highest BCUT2D eigenvalue weighted by molar-refractivity contribution is 7.13. The molecular weight excluding hydrogens is 384 g/mol. The van der Waals surface area contributed by atoms with Crippen LogP contribution >= 0.6 is 11.3 Å². The number of fused-ring (bicyclic) bond motifs is 1. The number of benzene rings is 1. The van der Waals surface area contributed by atoms with Gasteiger partial charge < -0.3 is 14.5 Å². The molecule has 3 aromatic rings. The molecule has 0 N–H and O–H groups in total. The quantitative estimate of drug-likeness (QED) is 0.665. The van der Waals surface area contributed by atoms with Gasteiger partial charge in [0.2, 0.25) is 5.91 Å². The van der Waals surface area contributed by atoms with Crippen molar-refractivity contribution in [2.24, 2.45) is 5.92 Å². The maximum absolute atomic E-state index is 13.1. The van der Waals surface area contributed by atoms with Gasteiger partial charge in [0, 0.05) is 31.6 Å². The summed E-state index contributed by atoms with van der Waals surface area (Å²) in [5.41, 5.74) is 0.947. The number of hydrogen-bond donors (Lipinski definition) is 0. The maximum Gasteiger partial charge on any atom is 0.227 e. The lowest BCUT2D eigenvalue weighted by atomic mass is 9.96. The predicted molar refractivity (Wildman–Crippen MR) is 115 cm³/mol. The van der Waals surface area contributed by atoms with Crippen LogP contribution in [0.1, 0.15) is 12.8 Å². The molecule has 29 heavy (non-hydrogen) atoms. The van der Waals surface area contributed by atoms with Crippen LogP contribution in [0.2, 0.25) is 0 Å². The van der Waals surface area contributed by atoms with E-state index in [4.69, 9.17) is 14.7 Å². The summed E-state index contributed by atoms with van der Waals surface area (Å²) in [6.45, 7) is 4.31. The van der Waals surface area contributed by atoms with Crippen LogP contribution in [0.25, 0.3) is 21.6 Å². The van der Waals surface area contributed by atoms with Gasteiger partial charge in [0.25, 0.3) is 0 Å². The molecule has 1 amide bonds. The fourth-order valence-electron chi connectivity index (χ4n) is 4.23. The first-order chi connectivity index (χ1) is 14.3. The number of nitrogens with zero attached hydrogens (tertiary/aromatic N) is 4. The first kappa shape index (κ1) is 18.5. The van der Waals surface area contributed by atoms with Crippen LogP contribution in [0.4, 0.5) is 5.82 Å². The van der Waals surface area contributed by atoms with E-state index in [-0.39, 0.29) is 11.8 Å². The minimum absolute atomic E-state index is 0.0146. The summed E-state index contributed by atoms with van der Waals surface area (Å²) >= 11 is 1.65. The number of thiophene rings is 1. The first-order valence-electron chi connectivity index (χ1n) is 10.2. The Morgan fingerprint density at radius 2 is 1.93 bits per heavy atom. The molecule has 1 unspecified atom stereocenters. The molecule has 1 aromatic carbocycles. The standard InChI is InChI=1S/C22H24N4O2S/c27-22(25-10-12-28-13-11-25)16-5-3-9-26(15-16)21-17-6-1-2-7-18(17)23-20(24-21)19-8-4-14-29-19/h1-2,4,6-8,14,16H,3,5,9-13,15H2. The highest BCUT2D eigenvalue weighted by atomic mass is 32.1. The van der Waals surface area contributed by atoms with Crippen molar-refractivity contribution < 1.29 is 9.53 Å². The largest absolute Gasteiger partial charge is 0.378 e. The zero-order chi connectivity index (χ0) is 19.6. The zero-order valence-electron chi connectivity index (χ0n) is 16.3. The van der Waals surface area contributed by atoms with Gasteiger partial charge in [0.15, 0.2) is 5.82 Å². The zero-order valence-corrected chi connectivity index (χ0v) is 17.1. The van der Waals surface area contributed by atoms with Gasteiger partial charge in [-0.25, -0.2) is 9.97 Å². The summed E-state index contributed by atoms with van der Waals surface area (Å²) in [5, 5.41) is 3.10. The van der Waals surface area contributed by atoms with Crippen molar-refractivity contribution in [2.75, 3.05) is 44.3 Å². The highest BCUT2D eigenvalue weighted by Crippen LogP contribution is 2.32. The van der Waals surface area contributed by atoms with E-state index in [0.717, 1.165) is 46.8 Å². The van der Waals surface area contributed by atoms with E-state index in [2.05, 4.69) is 17.0 Å². The third kappa shape index (κ3) is 3.72. The molecule has 1 atom stereocenters. The maximum atomic E-state index is 13.1. The number of hydrogen-bond acceptors (Lipinski definition) is 6. The minimum atomic E-state index is 0.0146. The minimum Gasteiger partial charge on any atom is -0.378 e. The monoisotopic (exact) mass is 408 g/mol. The first-order valence-corrected chi connectivity index (χ1v) is 11.1. The summed E-state index contributed by atoms with van der Waals surface area (Å²) in [6, 6.07) is 12.2. The molecule has 2 aliphatic heterocycles. The van der Waals surface area contributed by atoms with Crippen LogP contribution < -0.4 is 4.90 Å². The van der Waals surface area contributed by atoms with Crippen molar-refractivity contribution in [2.45, 2.75) is 12.8 Å². The fourth-order valence-corrected chi connectivity index (χ4v) is 4.89. The van der Waals surface area contributed by atoms with E-state index < -0.39 is 0 Å². The second-order valence-electron chi connectivity index (χ2n) is 7.59. The van der Waals surface area contributed by atoms with Crippen molar-refractivity contribution in [3.8, 4) is 10.7 Å². The van der Waals surface area contributed by atoms with Crippen molar-refractivity contribution in [3.05, 3.63) is 41.8 Å². The Morgan fingerprint density at radius 1 is 1.07 bits per heavy atom. The van der Waals surface area contributed by atoms with Crippen LogP contribution in [0.5, 0.6) is 0 Å². The Labute approximate surface area is 174 Å². The van der Waals surface area contributed by atoms with Crippen molar-refractivity contribution in [1.82, 2.24) is 14.9 Å². The van der Waals surface area contributed by atoms with Crippen molar-refractivity contribution in [3.63, 3.8) is 0 Å². The number of para-hydroxylation sites is 1. The Hall–Kier alpha value is -2.51. The number of morpholine rings is 1. The van der Waals surface area contributed by atoms with E-state index in [1.807, 2.05) is 34.5 Å². The summed E-state index contributed by atoms with van der Waals surface area (Å²) in [5.74, 6) is 1.98. The third-order valence-electron chi connectivity index (χ3n) is 5.72. The molecule has 0 spiro atoms. The number of rotatable bonds is 3. The van der Waals surface area contributed by atoms with Gasteiger partial charge in [0.05, 0.1) is 29.5 Å². The van der Waals surface area contributed by atoms with Crippen LogP contribution in [0.15, 0.2) is 41.8 Å². The Kier molecular flexibility index (Phi) is 5.16. The summed E-state index contributed by atoms with van der Waals surface area (Å²) in [7, 11) is 0. The predicted octanol–water partition coefficient (Wildman–Crippen LogP) is 3.43. The lowest BCUT2D eigenvalue weighted by molar-refractivity contribution is -0.139. The van der Waals surface area contributed by atoms with Gasteiger partial charge in [0.1, 0.15) is 5.82 Å². The molecule has 4 heterocycles. The summed E-state index contributed by atoms with van der Waals surface area (Å²) < 4.78 is 5.40. The Bertz CT molecular complexity index is 1000. The number of ether oxygens (including phenoxy) is 1. The number of aromatic nitrogens is 2. The number of anilines is 1. The van der Waals surface area contributed by atoms with E-state index in [9.17, 15) is 4.79 Å². The van der Waals surface area contributed by atoms with Gasteiger partial charge in [-0.05, 0) is 36.4 Å². The second-order valence-corrected chi connectivity index (χ2v) is 8.54. The van der Waals surface area contributed by atoms with Crippen molar-refractivity contribution in [1.29, 1.82) is 0 Å². The molecule has 2 aliphatic rings. The molecule has 2 fully saturated rings. The van der Waals surface area contributed by atoms with Gasteiger partial charge in [-0.1, -0.05) is 18.2 Å². The number of amides is 1. The average molecular weight is 409 g/mol. The van der Waals surface area contributed by atoms with E-state index in [1.165, 1.54) is 0 Å². The van der Waals surface area contributed by atoms with Crippen LogP contribution in [-0.4, -0.2) is 60.2 Å². The molecule has 2 saturated heterocycles. The molecule has 0 radical (unpaired) electrons. The molecule has 2 aromatic heterocycles. The SMILES string of the molecule is O=C(C1CCCN(c2nc(-c3cccs3)nc3ccccc23)C1)N1CCOCC1. The molecule has 0 bridgehead atoms. The lowest BCUT2D eigenvalue weighted by Gasteiger charge is -2.37. The van der Waals surface area contributed by atoms with Gasteiger partial charge >= 0.3 is 0 Å². The van der Waals surface area contributed by atoms with Gasteiger partial charge in [-0.15, -0.1) is 11.3 Å². The molecule has 7 heteroatoms.